The molecule has 0 bridgehead atoms. The number of phenolic OH excluding ortho intramolecular Hbond substituents is 1. The van der Waals surface area contributed by atoms with Gasteiger partial charge in [0.05, 0.1) is 5.69 Å². The average Bonchev–Trinajstić information content (AvgIpc) is 2.18. The van der Waals surface area contributed by atoms with E-state index in [-0.39, 0.29) is 5.75 Å². The fourth-order valence-corrected chi connectivity index (χ4v) is 0.845. The third-order valence-electron chi connectivity index (χ3n) is 1.44. The lowest BCUT2D eigenvalue weighted by Crippen LogP contribution is -2.12. The second kappa shape index (κ2) is 4.86. The summed E-state index contributed by atoms with van der Waals surface area (Å²) in [5, 5.41) is 15.0. The van der Waals surface area contributed by atoms with Crippen LogP contribution in [0.25, 0.3) is 0 Å². The summed E-state index contributed by atoms with van der Waals surface area (Å²) in [6.07, 6.45) is 0.979. The van der Waals surface area contributed by atoms with Gasteiger partial charge in [0.15, 0.2) is 0 Å². The van der Waals surface area contributed by atoms with Crippen LogP contribution in [0.5, 0.6) is 5.75 Å². The predicted octanol–water partition coefficient (Wildman–Crippen LogP) is 0.963. The molecule has 1 aromatic carbocycles. The largest absolute Gasteiger partial charge is 0.506 e. The normalized spacial score (nSPS) is 10.1. The van der Waals surface area contributed by atoms with Gasteiger partial charge in [0.25, 0.3) is 5.91 Å². The topological polar surface area (TPSA) is 70.9 Å². The maximum Gasteiger partial charge on any atom is 0.270 e. The molecule has 0 aliphatic rings. The van der Waals surface area contributed by atoms with E-state index in [0.29, 0.717) is 5.69 Å². The van der Waals surface area contributed by atoms with E-state index in [0.717, 1.165) is 6.21 Å². The molecule has 5 nitrogen and oxygen atoms in total. The molecule has 0 spiro atoms. The van der Waals surface area contributed by atoms with E-state index in [1.54, 1.807) is 18.2 Å². The monoisotopic (exact) mass is 194 g/mol. The molecule has 0 aromatic heterocycles. The fraction of sp³-hybridized carbons (Fsp3) is 0.111. The summed E-state index contributed by atoms with van der Waals surface area (Å²) < 4.78 is 0. The molecule has 0 atom stereocenters. The fourth-order valence-electron chi connectivity index (χ4n) is 0.845. The zero-order valence-corrected chi connectivity index (χ0v) is 7.60. The molecule has 0 saturated heterocycles. The Hall–Kier alpha value is -2.04. The average molecular weight is 194 g/mol. The summed E-state index contributed by atoms with van der Waals surface area (Å²) in [6, 6.07) is 6.41. The number of nitrogens with one attached hydrogen (secondary N) is 1. The molecule has 1 amide bonds. The number of phenols is 1. The minimum Gasteiger partial charge on any atom is -0.506 e. The Kier molecular flexibility index (Phi) is 3.49. The van der Waals surface area contributed by atoms with Gasteiger partial charge in [-0.2, -0.15) is 0 Å². The van der Waals surface area contributed by atoms with Crippen molar-refractivity contribution in [3.05, 3.63) is 24.3 Å². The van der Waals surface area contributed by atoms with Crippen molar-refractivity contribution in [2.45, 2.75) is 0 Å². The van der Waals surface area contributed by atoms with Crippen molar-refractivity contribution >= 4 is 17.8 Å². The van der Waals surface area contributed by atoms with Crippen molar-refractivity contribution in [1.82, 2.24) is 0 Å². The highest BCUT2D eigenvalue weighted by Crippen LogP contribution is 2.20. The van der Waals surface area contributed by atoms with Gasteiger partial charge in [0.1, 0.15) is 19.1 Å². The number of rotatable bonds is 3. The minimum absolute atomic E-state index is 0.00617. The number of carbonyl (C=O) groups is 1. The Bertz CT molecular complexity index is 350. The maximum atomic E-state index is 11.1. The second-order valence-electron chi connectivity index (χ2n) is 2.42. The van der Waals surface area contributed by atoms with Gasteiger partial charge in [0, 0.05) is 0 Å². The molecule has 14 heavy (non-hydrogen) atoms. The van der Waals surface area contributed by atoms with E-state index < -0.39 is 5.91 Å². The summed E-state index contributed by atoms with van der Waals surface area (Å²) >= 11 is 0. The van der Waals surface area contributed by atoms with Gasteiger partial charge in [-0.05, 0) is 12.1 Å². The van der Waals surface area contributed by atoms with Crippen molar-refractivity contribution in [2.75, 3.05) is 12.4 Å². The molecule has 0 unspecified atom stereocenters. The van der Waals surface area contributed by atoms with Crippen molar-refractivity contribution < 1.29 is 14.7 Å². The minimum atomic E-state index is -0.464. The third-order valence-corrected chi connectivity index (χ3v) is 1.44. The summed E-state index contributed by atoms with van der Waals surface area (Å²) in [7, 11) is 1.34. The van der Waals surface area contributed by atoms with E-state index in [2.05, 4.69) is 15.3 Å². The van der Waals surface area contributed by atoms with Gasteiger partial charge in [-0.3, -0.25) is 4.79 Å². The van der Waals surface area contributed by atoms with E-state index in [4.69, 9.17) is 0 Å². The van der Waals surface area contributed by atoms with Crippen LogP contribution in [0.15, 0.2) is 29.4 Å². The first kappa shape index (κ1) is 10.0. The van der Waals surface area contributed by atoms with Crippen LogP contribution in [-0.4, -0.2) is 24.3 Å². The molecule has 0 heterocycles. The Morgan fingerprint density at radius 1 is 1.57 bits per heavy atom. The van der Waals surface area contributed by atoms with E-state index in [9.17, 15) is 9.90 Å². The second-order valence-corrected chi connectivity index (χ2v) is 2.42. The Balaban J connectivity index is 2.65. The number of nitrogens with zero attached hydrogens (tertiary/aromatic N) is 1. The number of anilines is 1. The maximum absolute atomic E-state index is 11.1. The summed E-state index contributed by atoms with van der Waals surface area (Å²) in [4.78, 5) is 15.4. The molecule has 0 aliphatic carbocycles. The molecule has 0 fully saturated rings. The lowest BCUT2D eigenvalue weighted by Gasteiger charge is -2.02. The lowest BCUT2D eigenvalue weighted by molar-refractivity contribution is -0.110. The molecule has 0 saturated carbocycles. The van der Waals surface area contributed by atoms with Crippen LogP contribution in [0, 0.1) is 0 Å². The van der Waals surface area contributed by atoms with Gasteiger partial charge in [-0.1, -0.05) is 17.3 Å². The standard InChI is InChI=1S/C9H10N2O3/c1-14-10-6-9(13)11-7-4-2-3-5-8(7)12/h2-6,12H,1H3,(H,11,13). The predicted molar refractivity (Wildman–Crippen MR) is 52.2 cm³/mol. The highest BCUT2D eigenvalue weighted by atomic mass is 16.6. The molecule has 5 heteroatoms. The van der Waals surface area contributed by atoms with Crippen molar-refractivity contribution in [2.24, 2.45) is 5.16 Å². The SMILES string of the molecule is CON=CC(=O)Nc1ccccc1O. The smallest absolute Gasteiger partial charge is 0.270 e. The van der Waals surface area contributed by atoms with Crippen LogP contribution in [0.3, 0.4) is 0 Å². The molecule has 0 radical (unpaired) electrons. The molecule has 2 N–H and O–H groups in total. The quantitative estimate of drug-likeness (QED) is 0.427. The van der Waals surface area contributed by atoms with Crippen LogP contribution >= 0.6 is 0 Å². The molecule has 74 valence electrons. The number of hydrogen-bond donors (Lipinski definition) is 2. The summed E-state index contributed by atoms with van der Waals surface area (Å²) in [5.41, 5.74) is 0.333. The number of benzene rings is 1. The van der Waals surface area contributed by atoms with Crippen molar-refractivity contribution in [3.63, 3.8) is 0 Å². The van der Waals surface area contributed by atoms with Crippen LogP contribution in [0.2, 0.25) is 0 Å². The summed E-state index contributed by atoms with van der Waals surface area (Å²) in [5.74, 6) is -0.458. The molecule has 1 rings (SSSR count). The molecular formula is C9H10N2O3. The third kappa shape index (κ3) is 2.78. The van der Waals surface area contributed by atoms with Crippen LogP contribution in [-0.2, 0) is 9.63 Å². The number of amides is 1. The van der Waals surface area contributed by atoms with Gasteiger partial charge < -0.3 is 15.3 Å². The summed E-state index contributed by atoms with van der Waals surface area (Å²) in [6.45, 7) is 0. The number of para-hydroxylation sites is 2. The molecule has 0 aliphatic heterocycles. The lowest BCUT2D eigenvalue weighted by atomic mass is 10.3. The highest BCUT2D eigenvalue weighted by molar-refractivity contribution is 6.31. The van der Waals surface area contributed by atoms with Gasteiger partial charge in [0.2, 0.25) is 0 Å². The zero-order chi connectivity index (χ0) is 10.4. The Labute approximate surface area is 81.0 Å². The number of aromatic hydroxyl groups is 1. The first-order valence-corrected chi connectivity index (χ1v) is 3.89. The number of hydrogen-bond acceptors (Lipinski definition) is 4. The highest BCUT2D eigenvalue weighted by Gasteiger charge is 2.02. The molecular weight excluding hydrogens is 184 g/mol. The molecule has 1 aromatic rings. The first-order chi connectivity index (χ1) is 6.74. The van der Waals surface area contributed by atoms with E-state index in [1.165, 1.54) is 13.2 Å². The van der Waals surface area contributed by atoms with Crippen LogP contribution in [0.4, 0.5) is 5.69 Å². The van der Waals surface area contributed by atoms with Crippen LogP contribution < -0.4 is 5.32 Å². The zero-order valence-electron chi connectivity index (χ0n) is 7.60. The number of carbonyl (C=O) groups excluding carboxylic acids is 1. The van der Waals surface area contributed by atoms with Crippen molar-refractivity contribution in [1.29, 1.82) is 0 Å². The van der Waals surface area contributed by atoms with Gasteiger partial charge in [-0.15, -0.1) is 0 Å². The van der Waals surface area contributed by atoms with E-state index >= 15 is 0 Å². The van der Waals surface area contributed by atoms with Gasteiger partial charge >= 0.3 is 0 Å². The number of oxime groups is 1. The van der Waals surface area contributed by atoms with Crippen molar-refractivity contribution in [3.8, 4) is 5.75 Å². The van der Waals surface area contributed by atoms with Gasteiger partial charge in [-0.25, -0.2) is 0 Å². The Morgan fingerprint density at radius 2 is 2.29 bits per heavy atom. The Morgan fingerprint density at radius 3 is 2.93 bits per heavy atom. The first-order valence-electron chi connectivity index (χ1n) is 3.89. The van der Waals surface area contributed by atoms with Crippen LogP contribution in [0.1, 0.15) is 0 Å². The van der Waals surface area contributed by atoms with E-state index in [1.807, 2.05) is 0 Å².